The van der Waals surface area contributed by atoms with Gasteiger partial charge in [0.05, 0.1) is 16.9 Å². The Labute approximate surface area is 127 Å². The number of halogens is 2. The molecule has 0 atom stereocenters. The van der Waals surface area contributed by atoms with Crippen molar-refractivity contribution in [3.63, 3.8) is 0 Å². The number of nitrogens with zero attached hydrogens (tertiary/aromatic N) is 2. The van der Waals surface area contributed by atoms with E-state index in [2.05, 4.69) is 5.10 Å². The van der Waals surface area contributed by atoms with Crippen LogP contribution in [0.5, 0.6) is 0 Å². The quantitative estimate of drug-likeness (QED) is 0.774. The summed E-state index contributed by atoms with van der Waals surface area (Å²) in [6.07, 6.45) is 5.33. The molecule has 0 spiro atoms. The minimum absolute atomic E-state index is 0.341. The topological polar surface area (TPSA) is 34.9 Å². The lowest BCUT2D eigenvalue weighted by molar-refractivity contribution is 0.112. The summed E-state index contributed by atoms with van der Waals surface area (Å²) in [5.74, 6) is 0.341. The molecule has 1 aromatic carbocycles. The summed E-state index contributed by atoms with van der Waals surface area (Å²) in [7, 11) is 0. The zero-order valence-corrected chi connectivity index (χ0v) is 12.4. The summed E-state index contributed by atoms with van der Waals surface area (Å²) in [5, 5.41) is 5.55. The fourth-order valence-electron chi connectivity index (χ4n) is 2.81. The molecule has 1 aromatic heterocycles. The van der Waals surface area contributed by atoms with Gasteiger partial charge >= 0.3 is 0 Å². The molecule has 0 amide bonds. The zero-order valence-electron chi connectivity index (χ0n) is 10.9. The Morgan fingerprint density at radius 2 is 2.00 bits per heavy atom. The van der Waals surface area contributed by atoms with Gasteiger partial charge in [0, 0.05) is 10.9 Å². The van der Waals surface area contributed by atoms with Gasteiger partial charge in [-0.3, -0.25) is 4.79 Å². The molecule has 3 nitrogen and oxygen atoms in total. The van der Waals surface area contributed by atoms with Crippen molar-refractivity contribution in [3.05, 3.63) is 45.7 Å². The summed E-state index contributed by atoms with van der Waals surface area (Å²) >= 11 is 12.3. The second kappa shape index (κ2) is 5.58. The van der Waals surface area contributed by atoms with Gasteiger partial charge in [-0.15, -0.1) is 0 Å². The zero-order chi connectivity index (χ0) is 14.1. The van der Waals surface area contributed by atoms with Crippen LogP contribution >= 0.6 is 23.2 Å². The highest BCUT2D eigenvalue weighted by Crippen LogP contribution is 2.37. The molecule has 0 radical (unpaired) electrons. The molecule has 1 fully saturated rings. The molecule has 5 heteroatoms. The number of carbonyl (C=O) groups excluding carboxylic acids is 1. The van der Waals surface area contributed by atoms with Crippen LogP contribution in [0.3, 0.4) is 0 Å². The fourth-order valence-corrected chi connectivity index (χ4v) is 3.28. The van der Waals surface area contributed by atoms with Gasteiger partial charge < -0.3 is 0 Å². The van der Waals surface area contributed by atoms with Gasteiger partial charge in [0.2, 0.25) is 0 Å². The highest BCUT2D eigenvalue weighted by molar-refractivity contribution is 6.32. The monoisotopic (exact) mass is 308 g/mol. The summed E-state index contributed by atoms with van der Waals surface area (Å²) < 4.78 is 1.60. The number of aromatic nitrogens is 2. The molecule has 104 valence electrons. The van der Waals surface area contributed by atoms with Gasteiger partial charge in [-0.2, -0.15) is 5.10 Å². The highest BCUT2D eigenvalue weighted by atomic mass is 35.5. The molecule has 0 unspecified atom stereocenters. The summed E-state index contributed by atoms with van der Waals surface area (Å²) in [6, 6.07) is 7.29. The number of rotatable bonds is 3. The predicted octanol–water partition coefficient (Wildman–Crippen LogP) is 4.65. The lowest BCUT2D eigenvalue weighted by atomic mass is 10.0. The maximum absolute atomic E-state index is 11.4. The van der Waals surface area contributed by atoms with E-state index in [0.717, 1.165) is 30.5 Å². The largest absolute Gasteiger partial charge is 0.298 e. The number of aldehydes is 1. The van der Waals surface area contributed by atoms with E-state index >= 15 is 0 Å². The van der Waals surface area contributed by atoms with Crippen molar-refractivity contribution in [2.45, 2.75) is 31.6 Å². The molecule has 1 aliphatic rings. The Hall–Kier alpha value is -1.32. The lowest BCUT2D eigenvalue weighted by Crippen LogP contribution is -2.00. The van der Waals surface area contributed by atoms with Gasteiger partial charge in [-0.25, -0.2) is 4.68 Å². The first-order valence-corrected chi connectivity index (χ1v) is 7.46. The van der Waals surface area contributed by atoms with E-state index in [1.807, 2.05) is 12.1 Å². The van der Waals surface area contributed by atoms with Gasteiger partial charge in [-0.05, 0) is 31.0 Å². The van der Waals surface area contributed by atoms with Crippen LogP contribution in [0.1, 0.15) is 47.7 Å². The SMILES string of the molecule is O=Cc1c(C2CCCC2)nn(-c2cccc(Cl)c2)c1Cl. The average Bonchev–Trinajstić information content (AvgIpc) is 3.05. The van der Waals surface area contributed by atoms with Crippen LogP contribution in [0.15, 0.2) is 24.3 Å². The van der Waals surface area contributed by atoms with E-state index in [1.54, 1.807) is 16.8 Å². The lowest BCUT2D eigenvalue weighted by Gasteiger charge is -2.05. The Morgan fingerprint density at radius 3 is 2.65 bits per heavy atom. The van der Waals surface area contributed by atoms with E-state index in [4.69, 9.17) is 23.2 Å². The van der Waals surface area contributed by atoms with Crippen LogP contribution in [0.4, 0.5) is 0 Å². The second-order valence-corrected chi connectivity index (χ2v) is 5.88. The van der Waals surface area contributed by atoms with Crippen molar-refractivity contribution in [2.75, 3.05) is 0 Å². The van der Waals surface area contributed by atoms with Crippen molar-refractivity contribution in [1.29, 1.82) is 0 Å². The third kappa shape index (κ3) is 2.36. The summed E-state index contributed by atoms with van der Waals surface area (Å²) in [5.41, 5.74) is 2.11. The third-order valence-electron chi connectivity index (χ3n) is 3.80. The van der Waals surface area contributed by atoms with E-state index in [9.17, 15) is 4.79 Å². The minimum Gasteiger partial charge on any atom is -0.298 e. The van der Waals surface area contributed by atoms with E-state index < -0.39 is 0 Å². The van der Waals surface area contributed by atoms with Gasteiger partial charge in [0.1, 0.15) is 5.15 Å². The van der Waals surface area contributed by atoms with Crippen LogP contribution in [0.2, 0.25) is 10.2 Å². The molecule has 1 heterocycles. The first-order valence-electron chi connectivity index (χ1n) is 6.70. The first-order chi connectivity index (χ1) is 9.70. The van der Waals surface area contributed by atoms with Crippen molar-refractivity contribution in [1.82, 2.24) is 9.78 Å². The molecular formula is C15H14Cl2N2O. The Balaban J connectivity index is 2.10. The molecule has 0 aliphatic heterocycles. The fraction of sp³-hybridized carbons (Fsp3) is 0.333. The van der Waals surface area contributed by atoms with Crippen LogP contribution < -0.4 is 0 Å². The predicted molar refractivity (Wildman–Crippen MR) is 80.2 cm³/mol. The minimum atomic E-state index is 0.341. The normalized spacial score (nSPS) is 15.7. The maximum atomic E-state index is 11.4. The molecule has 0 N–H and O–H groups in total. The van der Waals surface area contributed by atoms with Crippen LogP contribution in [-0.2, 0) is 0 Å². The van der Waals surface area contributed by atoms with E-state index in [0.29, 0.717) is 21.7 Å². The van der Waals surface area contributed by atoms with Crippen LogP contribution in [0, 0.1) is 0 Å². The van der Waals surface area contributed by atoms with Crippen molar-refractivity contribution < 1.29 is 4.79 Å². The van der Waals surface area contributed by atoms with Gasteiger partial charge in [0.15, 0.2) is 6.29 Å². The number of hydrogen-bond acceptors (Lipinski definition) is 2. The smallest absolute Gasteiger partial charge is 0.155 e. The molecule has 20 heavy (non-hydrogen) atoms. The molecule has 0 saturated heterocycles. The van der Waals surface area contributed by atoms with Gasteiger partial charge in [0.25, 0.3) is 0 Å². The third-order valence-corrected chi connectivity index (χ3v) is 4.40. The molecule has 0 bridgehead atoms. The van der Waals surface area contributed by atoms with Crippen molar-refractivity contribution in [2.24, 2.45) is 0 Å². The van der Waals surface area contributed by atoms with Gasteiger partial charge in [-0.1, -0.05) is 42.1 Å². The Morgan fingerprint density at radius 1 is 1.25 bits per heavy atom. The first kappa shape index (κ1) is 13.7. The van der Waals surface area contributed by atoms with E-state index in [-0.39, 0.29) is 0 Å². The van der Waals surface area contributed by atoms with Crippen LogP contribution in [0.25, 0.3) is 5.69 Å². The standard InChI is InChI=1S/C15H14Cl2N2O/c16-11-6-3-7-12(8-11)19-15(17)13(9-20)14(18-19)10-4-1-2-5-10/h3,6-10H,1-2,4-5H2. The number of hydrogen-bond donors (Lipinski definition) is 0. The molecule has 3 rings (SSSR count). The molecule has 1 aliphatic carbocycles. The average molecular weight is 309 g/mol. The van der Waals surface area contributed by atoms with Crippen molar-refractivity contribution in [3.8, 4) is 5.69 Å². The Kier molecular flexibility index (Phi) is 3.81. The highest BCUT2D eigenvalue weighted by Gasteiger charge is 2.26. The second-order valence-electron chi connectivity index (χ2n) is 5.08. The summed E-state index contributed by atoms with van der Waals surface area (Å²) in [6.45, 7) is 0. The Bertz CT molecular complexity index is 645. The summed E-state index contributed by atoms with van der Waals surface area (Å²) in [4.78, 5) is 11.4. The van der Waals surface area contributed by atoms with Crippen LogP contribution in [-0.4, -0.2) is 16.1 Å². The maximum Gasteiger partial charge on any atom is 0.155 e. The molecule has 1 saturated carbocycles. The van der Waals surface area contributed by atoms with E-state index in [1.165, 1.54) is 12.8 Å². The number of benzene rings is 1. The molecule has 2 aromatic rings. The van der Waals surface area contributed by atoms with Crippen molar-refractivity contribution >= 4 is 29.5 Å². The number of carbonyl (C=O) groups is 1. The molecular weight excluding hydrogens is 295 g/mol.